The molecule has 104 valence electrons. The van der Waals surface area contributed by atoms with Crippen LogP contribution in [0.25, 0.3) is 0 Å². The minimum atomic E-state index is 0.442. The predicted molar refractivity (Wildman–Crippen MR) is 83.9 cm³/mol. The van der Waals surface area contributed by atoms with Gasteiger partial charge in [0.1, 0.15) is 4.99 Å². The smallest absolute Gasteiger partial charge is 0.107 e. The summed E-state index contributed by atoms with van der Waals surface area (Å²) in [5.74, 6) is 0. The molecule has 0 atom stereocenters. The van der Waals surface area contributed by atoms with Crippen LogP contribution in [0.3, 0.4) is 0 Å². The first-order valence-corrected chi connectivity index (χ1v) is 7.11. The summed E-state index contributed by atoms with van der Waals surface area (Å²) in [5.41, 5.74) is 9.92. The Kier molecular flexibility index (Phi) is 4.37. The van der Waals surface area contributed by atoms with Crippen LogP contribution in [0, 0.1) is 13.8 Å². The summed E-state index contributed by atoms with van der Waals surface area (Å²) in [6, 6.07) is 2.10. The Morgan fingerprint density at radius 2 is 2.00 bits per heavy atom. The fourth-order valence-electron chi connectivity index (χ4n) is 2.65. The number of nitrogens with two attached hydrogens (primary N) is 1. The zero-order chi connectivity index (χ0) is 14.0. The van der Waals surface area contributed by atoms with E-state index in [1.165, 1.54) is 0 Å². The van der Waals surface area contributed by atoms with E-state index in [-0.39, 0.29) is 0 Å². The molecule has 19 heavy (non-hydrogen) atoms. The number of aryl methyl sites for hydroxylation is 2. The molecule has 0 spiro atoms. The maximum Gasteiger partial charge on any atom is 0.107 e. The lowest BCUT2D eigenvalue weighted by molar-refractivity contribution is 0.360. The molecule has 4 nitrogen and oxygen atoms in total. The summed E-state index contributed by atoms with van der Waals surface area (Å²) < 4.78 is 0. The van der Waals surface area contributed by atoms with Crippen molar-refractivity contribution in [3.8, 4) is 0 Å². The van der Waals surface area contributed by atoms with Gasteiger partial charge in [-0.3, -0.25) is 4.98 Å². The minimum Gasteiger partial charge on any atom is -0.389 e. The summed E-state index contributed by atoms with van der Waals surface area (Å²) in [5, 5.41) is 0. The van der Waals surface area contributed by atoms with Crippen LogP contribution in [-0.4, -0.2) is 48.1 Å². The summed E-state index contributed by atoms with van der Waals surface area (Å²) in [7, 11) is 2.17. The van der Waals surface area contributed by atoms with E-state index in [1.54, 1.807) is 0 Å². The zero-order valence-electron chi connectivity index (χ0n) is 11.9. The third kappa shape index (κ3) is 3.22. The summed E-state index contributed by atoms with van der Waals surface area (Å²) in [6.45, 7) is 8.26. The first kappa shape index (κ1) is 14.2. The van der Waals surface area contributed by atoms with Gasteiger partial charge in [-0.15, -0.1) is 0 Å². The topological polar surface area (TPSA) is 45.4 Å². The van der Waals surface area contributed by atoms with Crippen LogP contribution in [0.2, 0.25) is 0 Å². The van der Waals surface area contributed by atoms with E-state index in [9.17, 15) is 0 Å². The Hall–Kier alpha value is -1.20. The molecule has 1 aliphatic rings. The van der Waals surface area contributed by atoms with Gasteiger partial charge in [-0.2, -0.15) is 0 Å². The second-order valence-corrected chi connectivity index (χ2v) is 5.69. The average molecular weight is 278 g/mol. The molecule has 1 fully saturated rings. The molecular formula is C14H22N4S. The molecule has 0 aliphatic carbocycles. The highest BCUT2D eigenvalue weighted by Gasteiger charge is 2.19. The van der Waals surface area contributed by atoms with Crippen LogP contribution in [0.4, 0.5) is 5.69 Å². The van der Waals surface area contributed by atoms with E-state index in [4.69, 9.17) is 18.0 Å². The van der Waals surface area contributed by atoms with Gasteiger partial charge in [-0.25, -0.2) is 0 Å². The molecule has 0 aromatic carbocycles. The number of anilines is 1. The molecule has 0 saturated carbocycles. The van der Waals surface area contributed by atoms with Gasteiger partial charge in [0.25, 0.3) is 0 Å². The second-order valence-electron chi connectivity index (χ2n) is 5.25. The molecule has 1 aromatic heterocycles. The van der Waals surface area contributed by atoms with Crippen LogP contribution in [0.5, 0.6) is 0 Å². The first-order valence-electron chi connectivity index (χ1n) is 6.70. The van der Waals surface area contributed by atoms with Crippen molar-refractivity contribution in [1.29, 1.82) is 0 Å². The highest BCUT2D eigenvalue weighted by molar-refractivity contribution is 7.80. The number of pyridine rings is 1. The lowest BCUT2D eigenvalue weighted by Gasteiger charge is -2.26. The number of rotatable bonds is 2. The number of thiocarbonyl (C=S) groups is 1. The zero-order valence-corrected chi connectivity index (χ0v) is 12.8. The van der Waals surface area contributed by atoms with Crippen molar-refractivity contribution in [1.82, 2.24) is 9.88 Å². The molecule has 1 aromatic rings. The van der Waals surface area contributed by atoms with Crippen molar-refractivity contribution in [3.63, 3.8) is 0 Å². The summed E-state index contributed by atoms with van der Waals surface area (Å²) in [6.07, 6.45) is 1.16. The van der Waals surface area contributed by atoms with E-state index in [2.05, 4.69) is 27.9 Å². The van der Waals surface area contributed by atoms with Crippen molar-refractivity contribution in [2.75, 3.05) is 38.1 Å². The molecule has 0 radical (unpaired) electrons. The van der Waals surface area contributed by atoms with E-state index in [0.29, 0.717) is 4.99 Å². The summed E-state index contributed by atoms with van der Waals surface area (Å²) in [4.78, 5) is 9.68. The number of hydrogen-bond donors (Lipinski definition) is 1. The van der Waals surface area contributed by atoms with Gasteiger partial charge < -0.3 is 15.5 Å². The van der Waals surface area contributed by atoms with Crippen LogP contribution in [-0.2, 0) is 0 Å². The predicted octanol–water partition coefficient (Wildman–Crippen LogP) is 1.47. The molecule has 1 saturated heterocycles. The highest BCUT2D eigenvalue weighted by Crippen LogP contribution is 2.25. The van der Waals surface area contributed by atoms with Crippen LogP contribution >= 0.6 is 12.2 Å². The third-order valence-electron chi connectivity index (χ3n) is 3.61. The Balaban J connectivity index is 2.39. The highest BCUT2D eigenvalue weighted by atomic mass is 32.1. The number of aromatic nitrogens is 1. The monoisotopic (exact) mass is 278 g/mol. The molecule has 5 heteroatoms. The van der Waals surface area contributed by atoms with Crippen molar-refractivity contribution in [3.05, 3.63) is 23.0 Å². The first-order chi connectivity index (χ1) is 8.99. The van der Waals surface area contributed by atoms with Crippen molar-refractivity contribution in [2.45, 2.75) is 20.3 Å². The Bertz CT molecular complexity index is 487. The Labute approximate surface area is 120 Å². The van der Waals surface area contributed by atoms with E-state index in [1.807, 2.05) is 13.8 Å². The van der Waals surface area contributed by atoms with E-state index >= 15 is 0 Å². The molecule has 0 bridgehead atoms. The summed E-state index contributed by atoms with van der Waals surface area (Å²) >= 11 is 5.21. The molecule has 0 unspecified atom stereocenters. The molecule has 2 heterocycles. The average Bonchev–Trinajstić information content (AvgIpc) is 2.52. The Morgan fingerprint density at radius 1 is 1.26 bits per heavy atom. The van der Waals surface area contributed by atoms with Gasteiger partial charge in [0, 0.05) is 31.0 Å². The van der Waals surface area contributed by atoms with Crippen molar-refractivity contribution < 1.29 is 0 Å². The maximum atomic E-state index is 5.89. The lowest BCUT2D eigenvalue weighted by atomic mass is 10.1. The lowest BCUT2D eigenvalue weighted by Crippen LogP contribution is -2.31. The minimum absolute atomic E-state index is 0.442. The van der Waals surface area contributed by atoms with E-state index < -0.39 is 0 Å². The fraction of sp³-hybridized carbons (Fsp3) is 0.571. The molecular weight excluding hydrogens is 256 g/mol. The molecule has 2 N–H and O–H groups in total. The van der Waals surface area contributed by atoms with Crippen molar-refractivity contribution >= 4 is 22.9 Å². The van der Waals surface area contributed by atoms with Gasteiger partial charge in [0.2, 0.25) is 0 Å². The number of hydrogen-bond acceptors (Lipinski definition) is 4. The maximum absolute atomic E-state index is 5.89. The fourth-order valence-corrected chi connectivity index (χ4v) is 2.90. The standard InChI is InChI=1S/C14H22N4S/c1-10-9-12(13(14(15)19)11(2)16-10)18-6-4-5-17(3)7-8-18/h9H,4-8H2,1-3H3,(H2,15,19). The van der Waals surface area contributed by atoms with Gasteiger partial charge in [0.05, 0.1) is 11.3 Å². The van der Waals surface area contributed by atoms with Gasteiger partial charge in [-0.1, -0.05) is 12.2 Å². The molecule has 2 rings (SSSR count). The largest absolute Gasteiger partial charge is 0.389 e. The molecule has 0 amide bonds. The van der Waals surface area contributed by atoms with Gasteiger partial charge in [0.15, 0.2) is 0 Å². The van der Waals surface area contributed by atoms with Crippen LogP contribution < -0.4 is 10.6 Å². The number of nitrogens with zero attached hydrogens (tertiary/aromatic N) is 3. The quantitative estimate of drug-likeness (QED) is 0.830. The Morgan fingerprint density at radius 3 is 2.68 bits per heavy atom. The van der Waals surface area contributed by atoms with Gasteiger partial charge in [-0.05, 0) is 39.9 Å². The molecule has 1 aliphatic heterocycles. The van der Waals surface area contributed by atoms with Crippen LogP contribution in [0.15, 0.2) is 6.07 Å². The second kappa shape index (κ2) is 5.84. The SMILES string of the molecule is Cc1cc(N2CCCN(C)CC2)c(C(N)=S)c(C)n1. The van der Waals surface area contributed by atoms with Gasteiger partial charge >= 0.3 is 0 Å². The third-order valence-corrected chi connectivity index (χ3v) is 3.82. The van der Waals surface area contributed by atoms with E-state index in [0.717, 1.165) is 55.2 Å². The van der Waals surface area contributed by atoms with Crippen LogP contribution in [0.1, 0.15) is 23.4 Å². The van der Waals surface area contributed by atoms with Crippen molar-refractivity contribution in [2.24, 2.45) is 5.73 Å². The number of likely N-dealkylation sites (N-methyl/N-ethyl adjacent to an activating group) is 1. The normalized spacial score (nSPS) is 17.3.